The topological polar surface area (TPSA) is 94.2 Å². The Kier molecular flexibility index (Phi) is 4.14. The molecule has 0 fully saturated rings. The van der Waals surface area contributed by atoms with E-state index >= 15 is 0 Å². The van der Waals surface area contributed by atoms with Crippen molar-refractivity contribution < 1.29 is 17.9 Å². The fourth-order valence-electron chi connectivity index (χ4n) is 2.42. The molecule has 0 bridgehead atoms. The van der Waals surface area contributed by atoms with E-state index in [4.69, 9.17) is 21.1 Å². The second kappa shape index (κ2) is 6.32. The molecule has 130 valence electrons. The van der Waals surface area contributed by atoms with E-state index in [-0.39, 0.29) is 21.5 Å². The maximum Gasteiger partial charge on any atom is 0.191 e. The van der Waals surface area contributed by atoms with Crippen molar-refractivity contribution in [3.05, 3.63) is 40.5 Å². The molecule has 0 saturated carbocycles. The van der Waals surface area contributed by atoms with Crippen LogP contribution in [0.25, 0.3) is 10.7 Å². The lowest BCUT2D eigenvalue weighted by molar-refractivity contribution is 0.171. The molecule has 0 atom stereocenters. The summed E-state index contributed by atoms with van der Waals surface area (Å²) in [6.07, 6.45) is 0. The van der Waals surface area contributed by atoms with Gasteiger partial charge in [-0.05, 0) is 11.4 Å². The van der Waals surface area contributed by atoms with Gasteiger partial charge in [-0.15, -0.1) is 11.3 Å². The molecular formula is C15H12ClN3O4S2. The fourth-order valence-corrected chi connectivity index (χ4v) is 4.87. The summed E-state index contributed by atoms with van der Waals surface area (Å²) in [6.45, 7) is 0.763. The van der Waals surface area contributed by atoms with Gasteiger partial charge in [0.1, 0.15) is 24.8 Å². The van der Waals surface area contributed by atoms with Crippen molar-refractivity contribution in [3.63, 3.8) is 0 Å². The van der Waals surface area contributed by atoms with E-state index in [1.54, 1.807) is 0 Å². The Balaban J connectivity index is 1.64. The second-order valence-electron chi connectivity index (χ2n) is 5.27. The lowest BCUT2D eigenvalue weighted by atomic mass is 10.3. The Hall–Kier alpha value is -2.10. The number of rotatable bonds is 4. The molecule has 0 saturated heterocycles. The molecular weight excluding hydrogens is 386 g/mol. The smallest absolute Gasteiger partial charge is 0.191 e. The lowest BCUT2D eigenvalue weighted by Crippen LogP contribution is -2.16. The van der Waals surface area contributed by atoms with Crippen LogP contribution in [0.3, 0.4) is 0 Å². The Morgan fingerprint density at radius 1 is 1.24 bits per heavy atom. The van der Waals surface area contributed by atoms with E-state index in [9.17, 15) is 8.42 Å². The number of ether oxygens (including phenoxy) is 2. The molecule has 3 aromatic rings. The number of nitrogens with zero attached hydrogens (tertiary/aromatic N) is 2. The van der Waals surface area contributed by atoms with Crippen molar-refractivity contribution in [2.45, 2.75) is 10.6 Å². The molecule has 0 spiro atoms. The molecule has 1 aromatic carbocycles. The van der Waals surface area contributed by atoms with Gasteiger partial charge in [-0.2, -0.15) is 5.10 Å². The van der Waals surface area contributed by atoms with E-state index in [1.165, 1.54) is 23.5 Å². The first kappa shape index (κ1) is 16.4. The third-order valence-electron chi connectivity index (χ3n) is 3.53. The highest BCUT2D eigenvalue weighted by molar-refractivity contribution is 7.90. The van der Waals surface area contributed by atoms with Gasteiger partial charge < -0.3 is 9.47 Å². The Labute approximate surface area is 152 Å². The molecule has 4 rings (SSSR count). The fraction of sp³-hybridized carbons (Fsp3) is 0.200. The van der Waals surface area contributed by atoms with Gasteiger partial charge in [0.05, 0.1) is 14.8 Å². The summed E-state index contributed by atoms with van der Waals surface area (Å²) < 4.78 is 36.3. The highest BCUT2D eigenvalue weighted by Crippen LogP contribution is 2.38. The average molecular weight is 398 g/mol. The maximum atomic E-state index is 12.7. The van der Waals surface area contributed by atoms with Crippen molar-refractivity contribution in [2.24, 2.45) is 0 Å². The summed E-state index contributed by atoms with van der Waals surface area (Å²) in [5.41, 5.74) is 0. The van der Waals surface area contributed by atoms with Crippen molar-refractivity contribution in [2.75, 3.05) is 13.2 Å². The van der Waals surface area contributed by atoms with Crippen molar-refractivity contribution >= 4 is 32.8 Å². The minimum atomic E-state index is -3.73. The standard InChI is InChI=1S/C15H12ClN3O4S2/c16-9-6-10-11(23-4-3-22-10)7-13(9)25(20,21)8-14-17-15(19-18-14)12-2-1-5-24-12/h1-2,5-7H,3-4,8H2,(H,17,18,19). The Morgan fingerprint density at radius 3 is 2.72 bits per heavy atom. The van der Waals surface area contributed by atoms with Gasteiger partial charge in [0.25, 0.3) is 0 Å². The van der Waals surface area contributed by atoms with Crippen LogP contribution < -0.4 is 9.47 Å². The zero-order valence-electron chi connectivity index (χ0n) is 12.7. The molecule has 0 aliphatic carbocycles. The largest absolute Gasteiger partial charge is 0.486 e. The number of aromatic amines is 1. The highest BCUT2D eigenvalue weighted by Gasteiger charge is 2.25. The molecule has 10 heteroatoms. The summed E-state index contributed by atoms with van der Waals surface area (Å²) in [6, 6.07) is 6.59. The first-order valence-electron chi connectivity index (χ1n) is 7.30. The number of hydrogen-bond donors (Lipinski definition) is 1. The number of fused-ring (bicyclic) bond motifs is 1. The molecule has 0 radical (unpaired) electrons. The van der Waals surface area contributed by atoms with E-state index in [2.05, 4.69) is 15.2 Å². The third kappa shape index (κ3) is 3.22. The summed E-state index contributed by atoms with van der Waals surface area (Å²) in [4.78, 5) is 5.08. The molecule has 0 amide bonds. The SMILES string of the molecule is O=S(=O)(Cc1nc(-c2cccs2)n[nH]1)c1cc2c(cc1Cl)OCCO2. The molecule has 25 heavy (non-hydrogen) atoms. The number of aromatic nitrogens is 3. The number of sulfone groups is 1. The van der Waals surface area contributed by atoms with Gasteiger partial charge in [0, 0.05) is 12.1 Å². The summed E-state index contributed by atoms with van der Waals surface area (Å²) >= 11 is 7.61. The minimum Gasteiger partial charge on any atom is -0.486 e. The molecule has 3 heterocycles. The number of halogens is 1. The molecule has 7 nitrogen and oxygen atoms in total. The van der Waals surface area contributed by atoms with Crippen LogP contribution in [0.4, 0.5) is 0 Å². The summed E-state index contributed by atoms with van der Waals surface area (Å²) in [5.74, 6) is 1.17. The van der Waals surface area contributed by atoms with Gasteiger partial charge in [0.15, 0.2) is 27.2 Å². The van der Waals surface area contributed by atoms with Gasteiger partial charge in [-0.1, -0.05) is 17.7 Å². The quantitative estimate of drug-likeness (QED) is 0.727. The van der Waals surface area contributed by atoms with Crippen molar-refractivity contribution in [3.8, 4) is 22.2 Å². The second-order valence-corrected chi connectivity index (χ2v) is 8.58. The van der Waals surface area contributed by atoms with Crippen molar-refractivity contribution in [1.29, 1.82) is 0 Å². The van der Waals surface area contributed by atoms with E-state index in [0.29, 0.717) is 30.5 Å². The zero-order chi connectivity index (χ0) is 17.4. The predicted octanol–water partition coefficient (Wildman–Crippen LogP) is 2.93. The Bertz CT molecular complexity index is 1020. The van der Waals surface area contributed by atoms with Gasteiger partial charge in [0.2, 0.25) is 0 Å². The van der Waals surface area contributed by atoms with Gasteiger partial charge in [-0.25, -0.2) is 13.4 Å². The van der Waals surface area contributed by atoms with Crippen molar-refractivity contribution in [1.82, 2.24) is 15.2 Å². The molecule has 2 aromatic heterocycles. The van der Waals surface area contributed by atoms with Crippen LogP contribution in [0.5, 0.6) is 11.5 Å². The molecule has 1 aliphatic rings. The maximum absolute atomic E-state index is 12.7. The zero-order valence-corrected chi connectivity index (χ0v) is 15.1. The van der Waals surface area contributed by atoms with Crippen LogP contribution in [0.2, 0.25) is 5.02 Å². The van der Waals surface area contributed by atoms with Crippen LogP contribution >= 0.6 is 22.9 Å². The predicted molar refractivity (Wildman–Crippen MR) is 93.0 cm³/mol. The molecule has 1 aliphatic heterocycles. The van der Waals surface area contributed by atoms with Crippen LogP contribution in [-0.4, -0.2) is 36.8 Å². The van der Waals surface area contributed by atoms with Crippen LogP contribution in [-0.2, 0) is 15.6 Å². The lowest BCUT2D eigenvalue weighted by Gasteiger charge is -2.19. The van der Waals surface area contributed by atoms with Crippen LogP contribution in [0.1, 0.15) is 5.82 Å². The normalized spacial score (nSPS) is 13.8. The number of benzene rings is 1. The summed E-state index contributed by atoms with van der Waals surface area (Å²) in [7, 11) is -3.73. The van der Waals surface area contributed by atoms with E-state index in [0.717, 1.165) is 4.88 Å². The monoisotopic (exact) mass is 397 g/mol. The van der Waals surface area contributed by atoms with E-state index < -0.39 is 9.84 Å². The van der Waals surface area contributed by atoms with Crippen LogP contribution in [0, 0.1) is 0 Å². The number of nitrogens with one attached hydrogen (secondary N) is 1. The number of H-pyrrole nitrogens is 1. The van der Waals surface area contributed by atoms with E-state index in [1.807, 2.05) is 17.5 Å². The van der Waals surface area contributed by atoms with Gasteiger partial charge in [-0.3, -0.25) is 5.10 Å². The Morgan fingerprint density at radius 2 is 2.00 bits per heavy atom. The average Bonchev–Trinajstić information content (AvgIpc) is 3.25. The van der Waals surface area contributed by atoms with Gasteiger partial charge >= 0.3 is 0 Å². The first-order valence-corrected chi connectivity index (χ1v) is 10.2. The third-order valence-corrected chi connectivity index (χ3v) is 6.48. The van der Waals surface area contributed by atoms with Crippen LogP contribution in [0.15, 0.2) is 34.5 Å². The molecule has 1 N–H and O–H groups in total. The molecule has 0 unspecified atom stereocenters. The first-order chi connectivity index (χ1) is 12.0. The minimum absolute atomic E-state index is 0.0208. The summed E-state index contributed by atoms with van der Waals surface area (Å²) in [5, 5.41) is 8.72. The number of hydrogen-bond acceptors (Lipinski definition) is 7. The number of thiophene rings is 1. The highest BCUT2D eigenvalue weighted by atomic mass is 35.5.